The number of urea groups is 1. The summed E-state index contributed by atoms with van der Waals surface area (Å²) < 4.78 is 0. The number of carbonyl (C=O) groups is 2. The molecular weight excluding hydrogens is 206 g/mol. The van der Waals surface area contributed by atoms with Crippen molar-refractivity contribution in [2.45, 2.75) is 40.2 Å². The minimum atomic E-state index is -0.669. The molecule has 0 radical (unpaired) electrons. The minimum absolute atomic E-state index is 0.0200. The molecule has 0 rings (SSSR count). The molecule has 0 aromatic rings. The fourth-order valence-corrected chi connectivity index (χ4v) is 1.28. The second kappa shape index (κ2) is 7.09. The van der Waals surface area contributed by atoms with Gasteiger partial charge in [0, 0.05) is 6.54 Å². The minimum Gasteiger partial charge on any atom is -0.354 e. The Kier molecular flexibility index (Phi) is 6.53. The standard InChI is InChI=1S/C11H23N3O2/c1-7(2)5-6-13-10(15)9(8(3)4)14-11(12)16/h7-9H,5-6H2,1-4H3,(H,13,15)(H3,12,14,16). The van der Waals surface area contributed by atoms with Crippen LogP contribution in [0.2, 0.25) is 0 Å². The van der Waals surface area contributed by atoms with Gasteiger partial charge in [0.2, 0.25) is 5.91 Å². The van der Waals surface area contributed by atoms with Gasteiger partial charge in [-0.15, -0.1) is 0 Å². The number of nitrogens with one attached hydrogen (secondary N) is 2. The van der Waals surface area contributed by atoms with E-state index >= 15 is 0 Å². The van der Waals surface area contributed by atoms with Gasteiger partial charge in [-0.25, -0.2) is 4.79 Å². The summed E-state index contributed by atoms with van der Waals surface area (Å²) in [6.45, 7) is 8.53. The van der Waals surface area contributed by atoms with E-state index in [1.54, 1.807) is 0 Å². The van der Waals surface area contributed by atoms with Crippen molar-refractivity contribution in [3.63, 3.8) is 0 Å². The average Bonchev–Trinajstić information content (AvgIpc) is 2.12. The normalized spacial score (nSPS) is 12.6. The Morgan fingerprint density at radius 1 is 1.19 bits per heavy atom. The van der Waals surface area contributed by atoms with Crippen LogP contribution in [0.5, 0.6) is 0 Å². The van der Waals surface area contributed by atoms with Crippen molar-refractivity contribution in [3.8, 4) is 0 Å². The molecule has 94 valence electrons. The summed E-state index contributed by atoms with van der Waals surface area (Å²) in [5, 5.41) is 5.24. The van der Waals surface area contributed by atoms with Crippen LogP contribution < -0.4 is 16.4 Å². The Hall–Kier alpha value is -1.26. The molecule has 0 aromatic carbocycles. The van der Waals surface area contributed by atoms with E-state index in [1.807, 2.05) is 13.8 Å². The topological polar surface area (TPSA) is 84.2 Å². The highest BCUT2D eigenvalue weighted by Gasteiger charge is 2.22. The first-order valence-corrected chi connectivity index (χ1v) is 5.68. The first-order chi connectivity index (χ1) is 7.34. The van der Waals surface area contributed by atoms with Crippen molar-refractivity contribution in [2.75, 3.05) is 6.54 Å². The molecule has 0 spiro atoms. The van der Waals surface area contributed by atoms with Gasteiger partial charge in [0.1, 0.15) is 6.04 Å². The Bertz CT molecular complexity index is 239. The van der Waals surface area contributed by atoms with Crippen LogP contribution in [0, 0.1) is 11.8 Å². The number of primary amides is 1. The highest BCUT2D eigenvalue weighted by molar-refractivity contribution is 5.86. The monoisotopic (exact) mass is 229 g/mol. The smallest absolute Gasteiger partial charge is 0.312 e. The number of carbonyl (C=O) groups excluding carboxylic acids is 2. The molecule has 1 unspecified atom stereocenters. The molecule has 3 amide bonds. The van der Waals surface area contributed by atoms with Gasteiger partial charge in [-0.3, -0.25) is 4.79 Å². The third-order valence-corrected chi connectivity index (χ3v) is 2.27. The van der Waals surface area contributed by atoms with Crippen molar-refractivity contribution < 1.29 is 9.59 Å². The molecule has 0 aliphatic carbocycles. The maximum absolute atomic E-state index is 11.7. The third kappa shape index (κ3) is 6.27. The maximum atomic E-state index is 11.7. The van der Waals surface area contributed by atoms with Crippen LogP contribution in [0.3, 0.4) is 0 Å². The van der Waals surface area contributed by atoms with E-state index in [4.69, 9.17) is 5.73 Å². The summed E-state index contributed by atoms with van der Waals surface area (Å²) in [4.78, 5) is 22.5. The Labute approximate surface area is 97.2 Å². The van der Waals surface area contributed by atoms with Crippen LogP contribution in [0.15, 0.2) is 0 Å². The lowest BCUT2D eigenvalue weighted by Crippen LogP contribution is -2.51. The Balaban J connectivity index is 4.12. The summed E-state index contributed by atoms with van der Waals surface area (Å²) in [5.74, 6) is 0.392. The Morgan fingerprint density at radius 3 is 2.12 bits per heavy atom. The largest absolute Gasteiger partial charge is 0.354 e. The molecule has 5 nitrogen and oxygen atoms in total. The van der Waals surface area contributed by atoms with Gasteiger partial charge < -0.3 is 16.4 Å². The zero-order chi connectivity index (χ0) is 12.7. The lowest BCUT2D eigenvalue weighted by atomic mass is 10.0. The zero-order valence-electron chi connectivity index (χ0n) is 10.5. The number of hydrogen-bond donors (Lipinski definition) is 3. The molecular formula is C11H23N3O2. The number of nitrogens with two attached hydrogens (primary N) is 1. The summed E-state index contributed by atoms with van der Waals surface area (Å²) in [6, 6.07) is -1.22. The molecule has 5 heteroatoms. The number of hydrogen-bond acceptors (Lipinski definition) is 2. The van der Waals surface area contributed by atoms with E-state index in [9.17, 15) is 9.59 Å². The fourth-order valence-electron chi connectivity index (χ4n) is 1.28. The predicted molar refractivity (Wildman–Crippen MR) is 63.8 cm³/mol. The average molecular weight is 229 g/mol. The van der Waals surface area contributed by atoms with Crippen LogP contribution in [-0.2, 0) is 4.79 Å². The molecule has 0 saturated carbocycles. The highest BCUT2D eigenvalue weighted by Crippen LogP contribution is 2.02. The third-order valence-electron chi connectivity index (χ3n) is 2.27. The van der Waals surface area contributed by atoms with Crippen LogP contribution in [0.4, 0.5) is 4.79 Å². The molecule has 0 saturated heterocycles. The van der Waals surface area contributed by atoms with Crippen LogP contribution in [0.25, 0.3) is 0 Å². The number of amides is 3. The molecule has 0 bridgehead atoms. The maximum Gasteiger partial charge on any atom is 0.312 e. The molecule has 0 heterocycles. The first-order valence-electron chi connectivity index (χ1n) is 5.68. The van der Waals surface area contributed by atoms with E-state index in [0.29, 0.717) is 12.5 Å². The van der Waals surface area contributed by atoms with Gasteiger partial charge in [0.25, 0.3) is 0 Å². The molecule has 16 heavy (non-hydrogen) atoms. The van der Waals surface area contributed by atoms with Gasteiger partial charge >= 0.3 is 6.03 Å². The molecule has 0 aromatic heterocycles. The van der Waals surface area contributed by atoms with Gasteiger partial charge in [-0.1, -0.05) is 27.7 Å². The van der Waals surface area contributed by atoms with Crippen molar-refractivity contribution >= 4 is 11.9 Å². The van der Waals surface area contributed by atoms with Crippen molar-refractivity contribution in [1.29, 1.82) is 0 Å². The molecule has 4 N–H and O–H groups in total. The Morgan fingerprint density at radius 2 is 1.75 bits per heavy atom. The summed E-state index contributed by atoms with van der Waals surface area (Å²) >= 11 is 0. The lowest BCUT2D eigenvalue weighted by Gasteiger charge is -2.20. The van der Waals surface area contributed by atoms with E-state index in [0.717, 1.165) is 6.42 Å². The second-order valence-corrected chi connectivity index (χ2v) is 4.70. The summed E-state index contributed by atoms with van der Waals surface area (Å²) in [6.07, 6.45) is 0.924. The van der Waals surface area contributed by atoms with Gasteiger partial charge in [-0.05, 0) is 18.3 Å². The summed E-state index contributed by atoms with van der Waals surface area (Å²) in [5.41, 5.74) is 5.02. The summed E-state index contributed by atoms with van der Waals surface area (Å²) in [7, 11) is 0. The highest BCUT2D eigenvalue weighted by atomic mass is 16.2. The van der Waals surface area contributed by atoms with Crippen molar-refractivity contribution in [1.82, 2.24) is 10.6 Å². The second-order valence-electron chi connectivity index (χ2n) is 4.70. The zero-order valence-corrected chi connectivity index (χ0v) is 10.5. The van der Waals surface area contributed by atoms with Crippen LogP contribution >= 0.6 is 0 Å². The molecule has 0 fully saturated rings. The molecule has 1 atom stereocenters. The van der Waals surface area contributed by atoms with Crippen LogP contribution in [0.1, 0.15) is 34.1 Å². The fraction of sp³-hybridized carbons (Fsp3) is 0.818. The number of rotatable bonds is 6. The molecule has 0 aliphatic rings. The van der Waals surface area contributed by atoms with E-state index in [1.165, 1.54) is 0 Å². The van der Waals surface area contributed by atoms with Gasteiger partial charge in [0.05, 0.1) is 0 Å². The van der Waals surface area contributed by atoms with Crippen molar-refractivity contribution in [2.24, 2.45) is 17.6 Å². The SMILES string of the molecule is CC(C)CCNC(=O)C(NC(N)=O)C(C)C. The van der Waals surface area contributed by atoms with Gasteiger partial charge in [0.15, 0.2) is 0 Å². The quantitative estimate of drug-likeness (QED) is 0.630. The van der Waals surface area contributed by atoms with E-state index < -0.39 is 12.1 Å². The van der Waals surface area contributed by atoms with Crippen molar-refractivity contribution in [3.05, 3.63) is 0 Å². The first kappa shape index (κ1) is 14.7. The predicted octanol–water partition coefficient (Wildman–Crippen LogP) is 0.842. The van der Waals surface area contributed by atoms with Gasteiger partial charge in [-0.2, -0.15) is 0 Å². The molecule has 0 aliphatic heterocycles. The van der Waals surface area contributed by atoms with E-state index in [2.05, 4.69) is 24.5 Å². The van der Waals surface area contributed by atoms with E-state index in [-0.39, 0.29) is 11.8 Å². The lowest BCUT2D eigenvalue weighted by molar-refractivity contribution is -0.123. The van der Waals surface area contributed by atoms with Crippen LogP contribution in [-0.4, -0.2) is 24.5 Å².